The number of hydrogen-bond donors (Lipinski definition) is 0. The fourth-order valence-electron chi connectivity index (χ4n) is 2.96. The van der Waals surface area contributed by atoms with E-state index in [1.54, 1.807) is 48.2 Å². The smallest absolute Gasteiger partial charge is 0.254 e. The topological polar surface area (TPSA) is 40.6 Å². The maximum absolute atomic E-state index is 14.1. The Morgan fingerprint density at radius 3 is 2.54 bits per heavy atom. The minimum Gasteiger partial charge on any atom is -0.325 e. The van der Waals surface area contributed by atoms with E-state index >= 15 is 0 Å². The van der Waals surface area contributed by atoms with Crippen molar-refractivity contribution in [3.8, 4) is 0 Å². The number of carbonyl (C=O) groups excluding carboxylic acids is 2. The van der Waals surface area contributed by atoms with Crippen LogP contribution in [0.25, 0.3) is 0 Å². The van der Waals surface area contributed by atoms with E-state index in [1.165, 1.54) is 11.0 Å². The summed E-state index contributed by atoms with van der Waals surface area (Å²) in [5, 5.41) is 0. The molecule has 1 unspecified atom stereocenters. The van der Waals surface area contributed by atoms with Crippen LogP contribution in [-0.2, 0) is 4.79 Å². The van der Waals surface area contributed by atoms with Crippen molar-refractivity contribution in [2.45, 2.75) is 19.9 Å². The van der Waals surface area contributed by atoms with Gasteiger partial charge in [0, 0.05) is 18.7 Å². The van der Waals surface area contributed by atoms with Crippen LogP contribution in [0.5, 0.6) is 0 Å². The van der Waals surface area contributed by atoms with E-state index in [4.69, 9.17) is 0 Å². The van der Waals surface area contributed by atoms with Crippen molar-refractivity contribution < 1.29 is 14.0 Å². The van der Waals surface area contributed by atoms with Crippen LogP contribution in [-0.4, -0.2) is 35.8 Å². The van der Waals surface area contributed by atoms with Gasteiger partial charge in [0.05, 0.1) is 5.69 Å². The van der Waals surface area contributed by atoms with E-state index in [2.05, 4.69) is 0 Å². The summed E-state index contributed by atoms with van der Waals surface area (Å²) in [4.78, 5) is 28.3. The highest BCUT2D eigenvalue weighted by atomic mass is 19.1. The molecule has 2 amide bonds. The molecule has 0 saturated carbocycles. The molecule has 0 bridgehead atoms. The van der Waals surface area contributed by atoms with E-state index in [9.17, 15) is 14.0 Å². The van der Waals surface area contributed by atoms with Crippen LogP contribution in [0.4, 0.5) is 10.1 Å². The number of carbonyl (C=O) groups is 2. The second-order valence-corrected chi connectivity index (χ2v) is 5.99. The van der Waals surface area contributed by atoms with Crippen molar-refractivity contribution in [1.29, 1.82) is 0 Å². The van der Waals surface area contributed by atoms with Gasteiger partial charge in [0.15, 0.2) is 0 Å². The van der Waals surface area contributed by atoms with Crippen LogP contribution in [0, 0.1) is 12.7 Å². The standard InChI is InChI=1S/C19H19FN2O2/c1-13-8-9-16(20)17(12-13)22-11-10-21(14(2)18(22)23)19(24)15-6-4-3-5-7-15/h3-9,12,14H,10-11H2,1-2H3. The van der Waals surface area contributed by atoms with Crippen molar-refractivity contribution in [3.05, 3.63) is 65.5 Å². The molecule has 1 atom stereocenters. The molecule has 3 rings (SSSR count). The Hall–Kier alpha value is -2.69. The zero-order valence-corrected chi connectivity index (χ0v) is 13.7. The maximum Gasteiger partial charge on any atom is 0.254 e. The Kier molecular flexibility index (Phi) is 4.34. The van der Waals surface area contributed by atoms with Crippen molar-refractivity contribution in [1.82, 2.24) is 4.90 Å². The Balaban J connectivity index is 1.84. The van der Waals surface area contributed by atoms with E-state index in [1.807, 2.05) is 13.0 Å². The van der Waals surface area contributed by atoms with Crippen LogP contribution >= 0.6 is 0 Å². The molecule has 0 aromatic heterocycles. The van der Waals surface area contributed by atoms with Gasteiger partial charge in [0.25, 0.3) is 5.91 Å². The quantitative estimate of drug-likeness (QED) is 0.851. The van der Waals surface area contributed by atoms with Gasteiger partial charge in [0.2, 0.25) is 5.91 Å². The summed E-state index contributed by atoms with van der Waals surface area (Å²) >= 11 is 0. The highest BCUT2D eigenvalue weighted by molar-refractivity contribution is 6.03. The first-order valence-corrected chi connectivity index (χ1v) is 7.92. The molecule has 1 aliphatic heterocycles. The lowest BCUT2D eigenvalue weighted by molar-refractivity contribution is -0.124. The van der Waals surface area contributed by atoms with Crippen molar-refractivity contribution in [2.24, 2.45) is 0 Å². The average molecular weight is 326 g/mol. The minimum absolute atomic E-state index is 0.180. The number of halogens is 1. The number of aryl methyl sites for hydroxylation is 1. The predicted octanol–water partition coefficient (Wildman–Crippen LogP) is 3.01. The number of hydrogen-bond acceptors (Lipinski definition) is 2. The highest BCUT2D eigenvalue weighted by Gasteiger charge is 2.36. The van der Waals surface area contributed by atoms with E-state index in [0.29, 0.717) is 12.1 Å². The van der Waals surface area contributed by atoms with Gasteiger partial charge in [-0.3, -0.25) is 9.59 Å². The molecule has 1 saturated heterocycles. The number of benzene rings is 2. The average Bonchev–Trinajstić information content (AvgIpc) is 2.60. The maximum atomic E-state index is 14.1. The Labute approximate surface area is 140 Å². The fourth-order valence-corrected chi connectivity index (χ4v) is 2.96. The lowest BCUT2D eigenvalue weighted by Gasteiger charge is -2.39. The summed E-state index contributed by atoms with van der Waals surface area (Å²) in [7, 11) is 0. The van der Waals surface area contributed by atoms with E-state index in [-0.39, 0.29) is 24.0 Å². The molecule has 0 N–H and O–H groups in total. The summed E-state index contributed by atoms with van der Waals surface area (Å²) in [6.07, 6.45) is 0. The first-order chi connectivity index (χ1) is 11.5. The first kappa shape index (κ1) is 16.2. The molecular formula is C19H19FN2O2. The van der Waals surface area contributed by atoms with Crippen LogP contribution < -0.4 is 4.90 Å². The highest BCUT2D eigenvalue weighted by Crippen LogP contribution is 2.25. The summed E-state index contributed by atoms with van der Waals surface area (Å²) in [6.45, 7) is 4.19. The lowest BCUT2D eigenvalue weighted by atomic mass is 10.1. The summed E-state index contributed by atoms with van der Waals surface area (Å²) in [6, 6.07) is 12.9. The molecule has 0 aliphatic carbocycles. The molecule has 2 aromatic rings. The normalized spacial score (nSPS) is 18.0. The van der Waals surface area contributed by atoms with Gasteiger partial charge in [0.1, 0.15) is 11.9 Å². The minimum atomic E-state index is -0.633. The van der Waals surface area contributed by atoms with E-state index in [0.717, 1.165) is 5.56 Å². The molecule has 124 valence electrons. The number of rotatable bonds is 2. The second kappa shape index (κ2) is 6.43. The molecule has 4 nitrogen and oxygen atoms in total. The Morgan fingerprint density at radius 1 is 1.12 bits per heavy atom. The second-order valence-electron chi connectivity index (χ2n) is 5.99. The van der Waals surface area contributed by atoms with Gasteiger partial charge in [-0.25, -0.2) is 4.39 Å². The first-order valence-electron chi connectivity index (χ1n) is 7.92. The number of amides is 2. The molecule has 2 aromatic carbocycles. The predicted molar refractivity (Wildman–Crippen MR) is 90.4 cm³/mol. The van der Waals surface area contributed by atoms with Gasteiger partial charge >= 0.3 is 0 Å². The molecule has 1 heterocycles. The van der Waals surface area contributed by atoms with Crippen molar-refractivity contribution in [2.75, 3.05) is 18.0 Å². The van der Waals surface area contributed by atoms with Crippen molar-refractivity contribution >= 4 is 17.5 Å². The summed E-state index contributed by atoms with van der Waals surface area (Å²) in [5.41, 5.74) is 1.71. The number of piperazine rings is 1. The largest absolute Gasteiger partial charge is 0.325 e. The van der Waals surface area contributed by atoms with Crippen LogP contribution in [0.15, 0.2) is 48.5 Å². The monoisotopic (exact) mass is 326 g/mol. The van der Waals surface area contributed by atoms with Gasteiger partial charge in [-0.2, -0.15) is 0 Å². The van der Waals surface area contributed by atoms with Crippen LogP contribution in [0.2, 0.25) is 0 Å². The lowest BCUT2D eigenvalue weighted by Crippen LogP contribution is -2.58. The van der Waals surface area contributed by atoms with Crippen molar-refractivity contribution in [3.63, 3.8) is 0 Å². The number of nitrogens with zero attached hydrogens (tertiary/aromatic N) is 2. The van der Waals surface area contributed by atoms with E-state index < -0.39 is 11.9 Å². The zero-order chi connectivity index (χ0) is 17.3. The number of anilines is 1. The molecule has 1 aliphatic rings. The Bertz CT molecular complexity index is 776. The SMILES string of the molecule is Cc1ccc(F)c(N2CCN(C(=O)c3ccccc3)C(C)C2=O)c1. The Morgan fingerprint density at radius 2 is 1.83 bits per heavy atom. The van der Waals surface area contributed by atoms with Gasteiger partial charge < -0.3 is 9.80 Å². The third-order valence-corrected chi connectivity index (χ3v) is 4.33. The van der Waals surface area contributed by atoms with Crippen LogP contribution in [0.1, 0.15) is 22.8 Å². The molecular weight excluding hydrogens is 307 g/mol. The van der Waals surface area contributed by atoms with Crippen LogP contribution in [0.3, 0.4) is 0 Å². The fraction of sp³-hybridized carbons (Fsp3) is 0.263. The van der Waals surface area contributed by atoms with Gasteiger partial charge in [-0.05, 0) is 43.7 Å². The third kappa shape index (κ3) is 2.89. The molecule has 0 spiro atoms. The summed E-state index contributed by atoms with van der Waals surface area (Å²) < 4.78 is 14.1. The van der Waals surface area contributed by atoms with Gasteiger partial charge in [-0.1, -0.05) is 24.3 Å². The zero-order valence-electron chi connectivity index (χ0n) is 13.7. The molecule has 1 fully saturated rings. The molecule has 24 heavy (non-hydrogen) atoms. The van der Waals surface area contributed by atoms with Gasteiger partial charge in [-0.15, -0.1) is 0 Å². The third-order valence-electron chi connectivity index (χ3n) is 4.33. The summed E-state index contributed by atoms with van der Waals surface area (Å²) in [5.74, 6) is -0.875. The molecule has 5 heteroatoms. The molecule has 0 radical (unpaired) electrons.